The maximum atomic E-state index is 13.1. The van der Waals surface area contributed by atoms with Gasteiger partial charge in [0.1, 0.15) is 0 Å². The van der Waals surface area contributed by atoms with Crippen LogP contribution >= 0.6 is 0 Å². The summed E-state index contributed by atoms with van der Waals surface area (Å²) in [5, 5.41) is 0. The van der Waals surface area contributed by atoms with Crippen molar-refractivity contribution in [3.63, 3.8) is 0 Å². The third kappa shape index (κ3) is 2.81. The van der Waals surface area contributed by atoms with E-state index in [9.17, 15) is 27.6 Å². The van der Waals surface area contributed by atoms with Crippen LogP contribution in [-0.4, -0.2) is 60.5 Å². The lowest BCUT2D eigenvalue weighted by Gasteiger charge is -2.14. The van der Waals surface area contributed by atoms with Gasteiger partial charge in [0.25, 0.3) is 5.54 Å². The molecule has 0 spiro atoms. The summed E-state index contributed by atoms with van der Waals surface area (Å²) in [5.74, 6) is -2.99. The maximum Gasteiger partial charge on any atom is 0.412 e. The van der Waals surface area contributed by atoms with Crippen LogP contribution in [0, 0.1) is 0 Å². The Bertz CT molecular complexity index is 446. The Kier molecular flexibility index (Phi) is 5.26. The molecule has 1 atom stereocenters. The van der Waals surface area contributed by atoms with Gasteiger partial charge >= 0.3 is 24.2 Å². The Hall–Kier alpha value is -2.00. The molecule has 1 rings (SSSR count). The molecule has 1 amide bonds. The van der Waals surface area contributed by atoms with Crippen LogP contribution < -0.4 is 0 Å². The molecule has 0 bridgehead atoms. The van der Waals surface area contributed by atoms with Crippen LogP contribution in [0.2, 0.25) is 0 Å². The monoisotopic (exact) mass is 327 g/mol. The Morgan fingerprint density at radius 2 is 1.36 bits per heavy atom. The number of hydrogen-bond acceptors (Lipinski definition) is 6. The van der Waals surface area contributed by atoms with Crippen molar-refractivity contribution in [2.75, 3.05) is 19.8 Å². The molecule has 0 aromatic carbocycles. The number of halogens is 3. The highest BCUT2D eigenvalue weighted by atomic mass is 19.4. The van der Waals surface area contributed by atoms with Crippen molar-refractivity contribution in [3.05, 3.63) is 0 Å². The number of ether oxygens (including phenoxy) is 3. The van der Waals surface area contributed by atoms with E-state index in [1.54, 1.807) is 0 Å². The van der Waals surface area contributed by atoms with E-state index in [0.29, 0.717) is 0 Å². The molecule has 1 aliphatic heterocycles. The fourth-order valence-corrected chi connectivity index (χ4v) is 2.10. The number of hydrogen-bond donors (Lipinski definition) is 0. The van der Waals surface area contributed by atoms with E-state index in [-0.39, 0.29) is 24.7 Å². The van der Waals surface area contributed by atoms with Crippen LogP contribution in [0.3, 0.4) is 0 Å². The van der Waals surface area contributed by atoms with Gasteiger partial charge in [-0.1, -0.05) is 0 Å². The second kappa shape index (κ2) is 6.41. The third-order valence-electron chi connectivity index (χ3n) is 2.91. The molecule has 0 saturated carbocycles. The van der Waals surface area contributed by atoms with Crippen molar-refractivity contribution in [3.8, 4) is 0 Å². The number of amides is 1. The zero-order valence-electron chi connectivity index (χ0n) is 12.2. The lowest BCUT2D eigenvalue weighted by atomic mass is 10.1. The second-order valence-electron chi connectivity index (χ2n) is 4.22. The molecule has 1 saturated heterocycles. The Labute approximate surface area is 124 Å². The number of carbonyl (C=O) groups is 3. The molecule has 7 nitrogen and oxygen atoms in total. The smallest absolute Gasteiger partial charge is 0.412 e. The molecular formula is C12H16F3NO6. The van der Waals surface area contributed by atoms with Crippen molar-refractivity contribution in [2.24, 2.45) is 0 Å². The third-order valence-corrected chi connectivity index (χ3v) is 2.91. The van der Waals surface area contributed by atoms with Crippen molar-refractivity contribution >= 4 is 18.0 Å². The quantitative estimate of drug-likeness (QED) is 0.327. The van der Waals surface area contributed by atoms with E-state index in [2.05, 4.69) is 14.2 Å². The Morgan fingerprint density at radius 3 is 1.68 bits per heavy atom. The maximum absolute atomic E-state index is 13.1. The molecule has 1 unspecified atom stereocenters. The first-order valence-corrected chi connectivity index (χ1v) is 6.56. The minimum absolute atomic E-state index is 0.00644. The molecule has 126 valence electrons. The second-order valence-corrected chi connectivity index (χ2v) is 4.22. The summed E-state index contributed by atoms with van der Waals surface area (Å²) < 4.78 is 52.9. The lowest BCUT2D eigenvalue weighted by Crippen LogP contribution is -2.45. The largest absolute Gasteiger partial charge is 0.464 e. The minimum atomic E-state index is -5.02. The van der Waals surface area contributed by atoms with Gasteiger partial charge in [0.15, 0.2) is 6.04 Å². The fourth-order valence-electron chi connectivity index (χ4n) is 2.10. The predicted molar refractivity (Wildman–Crippen MR) is 64.7 cm³/mol. The van der Waals surface area contributed by atoms with Gasteiger partial charge in [-0.3, -0.25) is 4.90 Å². The molecule has 0 N–H and O–H groups in total. The van der Waals surface area contributed by atoms with Gasteiger partial charge in [-0.15, -0.1) is 0 Å². The summed E-state index contributed by atoms with van der Waals surface area (Å²) in [6.07, 6.45) is -6.46. The molecular weight excluding hydrogens is 311 g/mol. The fraction of sp³-hybridized carbons (Fsp3) is 0.750. The van der Waals surface area contributed by atoms with Gasteiger partial charge < -0.3 is 14.2 Å². The van der Waals surface area contributed by atoms with Gasteiger partial charge in [-0.2, -0.15) is 13.2 Å². The minimum Gasteiger partial charge on any atom is -0.464 e. The highest BCUT2D eigenvalue weighted by Crippen LogP contribution is 2.52. The summed E-state index contributed by atoms with van der Waals surface area (Å²) in [4.78, 5) is 35.6. The van der Waals surface area contributed by atoms with Crippen molar-refractivity contribution in [1.29, 1.82) is 0 Å². The van der Waals surface area contributed by atoms with E-state index >= 15 is 0 Å². The van der Waals surface area contributed by atoms with Crippen LogP contribution in [0.4, 0.5) is 18.0 Å². The topological polar surface area (TPSA) is 81.9 Å². The molecule has 22 heavy (non-hydrogen) atoms. The normalized spacial score (nSPS) is 19.4. The summed E-state index contributed by atoms with van der Waals surface area (Å²) in [6.45, 7) is 3.34. The summed E-state index contributed by atoms with van der Waals surface area (Å²) in [6, 6.07) is -2.67. The average molecular weight is 327 g/mol. The number of carbonyl (C=O) groups excluding carboxylic acids is 3. The molecule has 10 heteroatoms. The predicted octanol–water partition coefficient (Wildman–Crippen LogP) is 1.25. The van der Waals surface area contributed by atoms with Crippen LogP contribution in [0.1, 0.15) is 20.8 Å². The van der Waals surface area contributed by atoms with Gasteiger partial charge in [-0.05, 0) is 20.8 Å². The van der Waals surface area contributed by atoms with E-state index in [1.807, 2.05) is 0 Å². The van der Waals surface area contributed by atoms with E-state index in [0.717, 1.165) is 0 Å². The van der Waals surface area contributed by atoms with Crippen LogP contribution in [-0.2, 0) is 23.8 Å². The number of esters is 2. The first kappa shape index (κ1) is 18.1. The van der Waals surface area contributed by atoms with Crippen molar-refractivity contribution in [1.82, 2.24) is 4.90 Å². The summed E-state index contributed by atoms with van der Waals surface area (Å²) in [7, 11) is 0. The molecule has 1 fully saturated rings. The number of alkyl halides is 3. The Balaban J connectivity index is 3.29. The number of nitrogens with zero attached hydrogens (tertiary/aromatic N) is 1. The van der Waals surface area contributed by atoms with E-state index < -0.39 is 35.8 Å². The van der Waals surface area contributed by atoms with E-state index in [4.69, 9.17) is 0 Å². The Morgan fingerprint density at radius 1 is 0.955 bits per heavy atom. The van der Waals surface area contributed by atoms with Gasteiger partial charge in [-0.25, -0.2) is 14.4 Å². The van der Waals surface area contributed by atoms with Gasteiger partial charge in [0.2, 0.25) is 0 Å². The highest BCUT2D eigenvalue weighted by molar-refractivity contribution is 6.13. The zero-order chi connectivity index (χ0) is 17.1. The first-order chi connectivity index (χ1) is 10.2. The van der Waals surface area contributed by atoms with Gasteiger partial charge in [0, 0.05) is 0 Å². The standard InChI is InChI=1S/C12H16F3NO6/c1-4-20-8(17)11(9(18)21-5-2)7(12(13,14)15)16(11)10(19)22-6-3/h7H,4-6H2,1-3H3. The molecule has 0 radical (unpaired) electrons. The first-order valence-electron chi connectivity index (χ1n) is 6.56. The van der Waals surface area contributed by atoms with Crippen molar-refractivity contribution < 1.29 is 41.8 Å². The van der Waals surface area contributed by atoms with Crippen molar-refractivity contribution in [2.45, 2.75) is 38.5 Å². The van der Waals surface area contributed by atoms with Crippen LogP contribution in [0.25, 0.3) is 0 Å². The molecule has 1 aliphatic rings. The zero-order valence-corrected chi connectivity index (χ0v) is 12.2. The molecule has 0 aromatic heterocycles. The lowest BCUT2D eigenvalue weighted by molar-refractivity contribution is -0.167. The summed E-state index contributed by atoms with van der Waals surface area (Å²) >= 11 is 0. The highest BCUT2D eigenvalue weighted by Gasteiger charge is 2.86. The summed E-state index contributed by atoms with van der Waals surface area (Å²) in [5.41, 5.74) is -2.88. The van der Waals surface area contributed by atoms with E-state index in [1.165, 1.54) is 20.8 Å². The van der Waals surface area contributed by atoms with Crippen LogP contribution in [0.5, 0.6) is 0 Å². The van der Waals surface area contributed by atoms with Crippen LogP contribution in [0.15, 0.2) is 0 Å². The van der Waals surface area contributed by atoms with Gasteiger partial charge in [0.05, 0.1) is 19.8 Å². The SMILES string of the molecule is CCOC(=O)N1C(C(F)(F)F)C1(C(=O)OCC)C(=O)OCC. The average Bonchev–Trinajstić information content (AvgIpc) is 3.11. The molecule has 0 aromatic rings. The number of rotatable bonds is 5. The molecule has 0 aliphatic carbocycles. The molecule has 1 heterocycles.